The van der Waals surface area contributed by atoms with Gasteiger partial charge in [-0.1, -0.05) is 41.9 Å². The first-order chi connectivity index (χ1) is 15.0. The van der Waals surface area contributed by atoms with Crippen LogP contribution in [-0.2, 0) is 11.4 Å². The maximum absolute atomic E-state index is 13.0. The van der Waals surface area contributed by atoms with Crippen molar-refractivity contribution in [3.05, 3.63) is 86.8 Å². The molecule has 1 amide bonds. The van der Waals surface area contributed by atoms with Gasteiger partial charge in [0.1, 0.15) is 6.61 Å². The van der Waals surface area contributed by atoms with Crippen LogP contribution in [0.15, 0.2) is 65.1 Å². The molecular weight excluding hydrogens is 478 g/mol. The Morgan fingerprint density at radius 1 is 1.10 bits per heavy atom. The van der Waals surface area contributed by atoms with Gasteiger partial charge in [0.15, 0.2) is 11.5 Å². The van der Waals surface area contributed by atoms with Crippen LogP contribution in [0.25, 0.3) is 11.6 Å². The van der Waals surface area contributed by atoms with Crippen LogP contribution in [-0.4, -0.2) is 19.6 Å². The average Bonchev–Trinajstić information content (AvgIpc) is 3.04. The van der Waals surface area contributed by atoms with Crippen molar-refractivity contribution in [1.29, 1.82) is 0 Å². The van der Waals surface area contributed by atoms with Crippen LogP contribution >= 0.6 is 27.5 Å². The molecule has 0 aliphatic carbocycles. The summed E-state index contributed by atoms with van der Waals surface area (Å²) in [5.41, 5.74) is 4.39. The molecule has 0 radical (unpaired) electrons. The summed E-state index contributed by atoms with van der Waals surface area (Å²) in [6.07, 6.45) is 1.90. The minimum atomic E-state index is 0.00172. The second kappa shape index (κ2) is 9.16. The van der Waals surface area contributed by atoms with Gasteiger partial charge in [-0.05, 0) is 70.4 Å². The molecule has 1 aliphatic rings. The van der Waals surface area contributed by atoms with Gasteiger partial charge in [0.05, 0.1) is 17.3 Å². The molecular formula is C25H21BrClNO3. The van der Waals surface area contributed by atoms with E-state index in [9.17, 15) is 4.79 Å². The SMILES string of the molecule is CCN1C(=O)/C(=C\c2cc(Br)c(OCc3ccc(Cl)cc3)c(OC)c2)c2ccccc21. The maximum atomic E-state index is 13.0. The Hall–Kier alpha value is -2.76. The fraction of sp³-hybridized carbons (Fsp3) is 0.160. The van der Waals surface area contributed by atoms with Crippen molar-refractivity contribution < 1.29 is 14.3 Å². The molecule has 6 heteroatoms. The van der Waals surface area contributed by atoms with Crippen LogP contribution in [0.3, 0.4) is 0 Å². The molecule has 31 heavy (non-hydrogen) atoms. The number of methoxy groups -OCH3 is 1. The summed E-state index contributed by atoms with van der Waals surface area (Å²) >= 11 is 9.54. The van der Waals surface area contributed by atoms with Crippen molar-refractivity contribution in [2.24, 2.45) is 0 Å². The third-order valence-electron chi connectivity index (χ3n) is 5.14. The molecule has 3 aromatic rings. The lowest BCUT2D eigenvalue weighted by Gasteiger charge is -2.14. The fourth-order valence-electron chi connectivity index (χ4n) is 3.63. The largest absolute Gasteiger partial charge is 0.493 e. The maximum Gasteiger partial charge on any atom is 0.258 e. The molecule has 1 aliphatic heterocycles. The Kier molecular flexibility index (Phi) is 6.35. The second-order valence-electron chi connectivity index (χ2n) is 7.07. The average molecular weight is 499 g/mol. The summed E-state index contributed by atoms with van der Waals surface area (Å²) in [6.45, 7) is 2.98. The summed E-state index contributed by atoms with van der Waals surface area (Å²) in [6, 6.07) is 19.2. The van der Waals surface area contributed by atoms with Gasteiger partial charge in [-0.3, -0.25) is 4.79 Å². The van der Waals surface area contributed by atoms with Crippen LogP contribution in [0, 0.1) is 0 Å². The van der Waals surface area contributed by atoms with E-state index in [0.717, 1.165) is 26.9 Å². The van der Waals surface area contributed by atoms with Crippen molar-refractivity contribution in [3.8, 4) is 11.5 Å². The Labute approximate surface area is 195 Å². The van der Waals surface area contributed by atoms with Crippen LogP contribution in [0.2, 0.25) is 5.02 Å². The van der Waals surface area contributed by atoms with E-state index in [0.29, 0.717) is 35.2 Å². The van der Waals surface area contributed by atoms with Gasteiger partial charge in [-0.25, -0.2) is 0 Å². The molecule has 0 fully saturated rings. The van der Waals surface area contributed by atoms with Crippen LogP contribution in [0.1, 0.15) is 23.6 Å². The fourth-order valence-corrected chi connectivity index (χ4v) is 4.33. The van der Waals surface area contributed by atoms with E-state index in [1.54, 1.807) is 12.0 Å². The first kappa shape index (κ1) is 21.5. The monoisotopic (exact) mass is 497 g/mol. The number of hydrogen-bond acceptors (Lipinski definition) is 3. The number of anilines is 1. The summed E-state index contributed by atoms with van der Waals surface area (Å²) in [4.78, 5) is 14.8. The van der Waals surface area contributed by atoms with Crippen LogP contribution < -0.4 is 14.4 Å². The molecule has 0 unspecified atom stereocenters. The zero-order valence-corrected chi connectivity index (χ0v) is 19.5. The lowest BCUT2D eigenvalue weighted by Crippen LogP contribution is -2.25. The number of likely N-dealkylation sites (N-methyl/N-ethyl adjacent to an activating group) is 1. The van der Waals surface area contributed by atoms with Crippen molar-refractivity contribution in [2.45, 2.75) is 13.5 Å². The van der Waals surface area contributed by atoms with Crippen molar-refractivity contribution in [2.75, 3.05) is 18.6 Å². The highest BCUT2D eigenvalue weighted by Crippen LogP contribution is 2.41. The smallest absolute Gasteiger partial charge is 0.258 e. The van der Waals surface area contributed by atoms with Crippen molar-refractivity contribution in [3.63, 3.8) is 0 Å². The quantitative estimate of drug-likeness (QED) is 0.360. The number of hydrogen-bond donors (Lipinski definition) is 0. The number of rotatable bonds is 6. The molecule has 0 saturated carbocycles. The third-order valence-corrected chi connectivity index (χ3v) is 5.98. The number of halogens is 2. The molecule has 0 spiro atoms. The van der Waals surface area contributed by atoms with E-state index >= 15 is 0 Å². The minimum absolute atomic E-state index is 0.00172. The topological polar surface area (TPSA) is 38.8 Å². The third kappa shape index (κ3) is 4.34. The predicted octanol–water partition coefficient (Wildman–Crippen LogP) is 6.60. The molecule has 0 atom stereocenters. The minimum Gasteiger partial charge on any atom is -0.493 e. The van der Waals surface area contributed by atoms with Gasteiger partial charge in [0.2, 0.25) is 0 Å². The summed E-state index contributed by atoms with van der Waals surface area (Å²) in [7, 11) is 1.60. The van der Waals surface area contributed by atoms with E-state index in [1.807, 2.05) is 73.7 Å². The van der Waals surface area contributed by atoms with E-state index in [2.05, 4.69) is 15.9 Å². The Bertz CT molecular complexity index is 1160. The van der Waals surface area contributed by atoms with Gasteiger partial charge < -0.3 is 14.4 Å². The number of benzene rings is 3. The molecule has 1 heterocycles. The Morgan fingerprint density at radius 2 is 1.84 bits per heavy atom. The number of para-hydroxylation sites is 1. The predicted molar refractivity (Wildman–Crippen MR) is 129 cm³/mol. The Morgan fingerprint density at radius 3 is 2.55 bits per heavy atom. The zero-order valence-electron chi connectivity index (χ0n) is 17.2. The number of carbonyl (C=O) groups is 1. The van der Waals surface area contributed by atoms with Gasteiger partial charge in [0.25, 0.3) is 5.91 Å². The number of ether oxygens (including phenoxy) is 2. The molecule has 3 aromatic carbocycles. The number of amides is 1. The lowest BCUT2D eigenvalue weighted by atomic mass is 10.0. The molecule has 0 saturated heterocycles. The van der Waals surface area contributed by atoms with Crippen molar-refractivity contribution >= 4 is 50.8 Å². The zero-order chi connectivity index (χ0) is 22.0. The highest BCUT2D eigenvalue weighted by molar-refractivity contribution is 9.10. The molecule has 0 bridgehead atoms. The standard InChI is InChI=1S/C25H21BrClNO3/c1-3-28-22-7-5-4-6-19(22)20(25(28)29)12-17-13-21(26)24(23(14-17)30-2)31-15-16-8-10-18(27)11-9-16/h4-14H,3,15H2,1-2H3/b20-12-. The summed E-state index contributed by atoms with van der Waals surface area (Å²) < 4.78 is 12.3. The highest BCUT2D eigenvalue weighted by Gasteiger charge is 2.30. The Balaban J connectivity index is 1.65. The molecule has 0 aromatic heterocycles. The number of nitrogens with zero attached hydrogens (tertiary/aromatic N) is 1. The first-order valence-electron chi connectivity index (χ1n) is 9.89. The van der Waals surface area contributed by atoms with Crippen LogP contribution in [0.4, 0.5) is 5.69 Å². The lowest BCUT2D eigenvalue weighted by molar-refractivity contribution is -0.112. The molecule has 0 N–H and O–H groups in total. The van der Waals surface area contributed by atoms with E-state index in [-0.39, 0.29) is 5.91 Å². The van der Waals surface area contributed by atoms with Crippen molar-refractivity contribution in [1.82, 2.24) is 0 Å². The molecule has 158 valence electrons. The second-order valence-corrected chi connectivity index (χ2v) is 8.36. The van der Waals surface area contributed by atoms with Gasteiger partial charge >= 0.3 is 0 Å². The first-order valence-corrected chi connectivity index (χ1v) is 11.1. The highest BCUT2D eigenvalue weighted by atomic mass is 79.9. The van der Waals surface area contributed by atoms with Gasteiger partial charge in [0, 0.05) is 22.7 Å². The van der Waals surface area contributed by atoms with E-state index < -0.39 is 0 Å². The molecule has 4 nitrogen and oxygen atoms in total. The van der Waals surface area contributed by atoms with Gasteiger partial charge in [-0.15, -0.1) is 0 Å². The van der Waals surface area contributed by atoms with E-state index in [1.165, 1.54) is 0 Å². The van der Waals surface area contributed by atoms with Gasteiger partial charge in [-0.2, -0.15) is 0 Å². The number of carbonyl (C=O) groups excluding carboxylic acids is 1. The van der Waals surface area contributed by atoms with E-state index in [4.69, 9.17) is 21.1 Å². The van der Waals surface area contributed by atoms with Crippen LogP contribution in [0.5, 0.6) is 11.5 Å². The number of fused-ring (bicyclic) bond motifs is 1. The molecule has 4 rings (SSSR count). The summed E-state index contributed by atoms with van der Waals surface area (Å²) in [5, 5.41) is 0.685. The normalized spacial score (nSPS) is 14.1. The summed E-state index contributed by atoms with van der Waals surface area (Å²) in [5.74, 6) is 1.19.